The SMILES string of the molecule is C=CC[C@@H](O)C(C)(C)[C@H](O)C[C@@H](COC)OC. The number of ether oxygens (including phenoxy) is 2. The van der Waals surface area contributed by atoms with E-state index in [0.717, 1.165) is 0 Å². The van der Waals surface area contributed by atoms with Crippen molar-refractivity contribution in [3.8, 4) is 0 Å². The van der Waals surface area contributed by atoms with Crippen LogP contribution in [-0.4, -0.2) is 49.4 Å². The van der Waals surface area contributed by atoms with Crippen molar-refractivity contribution in [3.05, 3.63) is 12.7 Å². The molecule has 0 fully saturated rings. The molecule has 17 heavy (non-hydrogen) atoms. The summed E-state index contributed by atoms with van der Waals surface area (Å²) in [4.78, 5) is 0. The molecule has 0 saturated heterocycles. The van der Waals surface area contributed by atoms with Crippen LogP contribution in [0.25, 0.3) is 0 Å². The lowest BCUT2D eigenvalue weighted by Crippen LogP contribution is -2.42. The maximum Gasteiger partial charge on any atom is 0.0829 e. The molecule has 0 heterocycles. The summed E-state index contributed by atoms with van der Waals surface area (Å²) < 4.78 is 10.2. The highest BCUT2D eigenvalue weighted by molar-refractivity contribution is 4.89. The largest absolute Gasteiger partial charge is 0.392 e. The third-order valence-electron chi connectivity index (χ3n) is 3.28. The summed E-state index contributed by atoms with van der Waals surface area (Å²) >= 11 is 0. The zero-order valence-corrected chi connectivity index (χ0v) is 11.3. The van der Waals surface area contributed by atoms with Crippen molar-refractivity contribution < 1.29 is 19.7 Å². The summed E-state index contributed by atoms with van der Waals surface area (Å²) in [5.74, 6) is 0. The average molecular weight is 246 g/mol. The van der Waals surface area contributed by atoms with E-state index in [1.807, 2.05) is 13.8 Å². The Morgan fingerprint density at radius 3 is 2.24 bits per heavy atom. The van der Waals surface area contributed by atoms with Gasteiger partial charge in [0.05, 0.1) is 24.9 Å². The minimum Gasteiger partial charge on any atom is -0.392 e. The number of aliphatic hydroxyl groups excluding tert-OH is 2. The molecule has 4 nitrogen and oxygen atoms in total. The van der Waals surface area contributed by atoms with Gasteiger partial charge >= 0.3 is 0 Å². The molecular weight excluding hydrogens is 220 g/mol. The highest BCUT2D eigenvalue weighted by Crippen LogP contribution is 2.30. The van der Waals surface area contributed by atoms with Gasteiger partial charge < -0.3 is 19.7 Å². The van der Waals surface area contributed by atoms with Crippen LogP contribution in [0.4, 0.5) is 0 Å². The first kappa shape index (κ1) is 16.6. The summed E-state index contributed by atoms with van der Waals surface area (Å²) in [5, 5.41) is 20.1. The first-order valence-electron chi connectivity index (χ1n) is 5.88. The molecular formula is C13H26O4. The number of rotatable bonds is 9. The van der Waals surface area contributed by atoms with Gasteiger partial charge in [-0.2, -0.15) is 0 Å². The molecule has 0 radical (unpaired) electrons. The fraction of sp³-hybridized carbons (Fsp3) is 0.846. The Balaban J connectivity index is 4.44. The number of aliphatic hydroxyl groups is 2. The standard InChI is InChI=1S/C13H26O4/c1-6-7-11(14)13(2,3)12(15)8-10(17-5)9-16-4/h6,10-12,14-15H,1,7-9H2,2-5H3/t10-,11+,12+/m0/s1. The molecule has 0 rings (SSSR count). The van der Waals surface area contributed by atoms with Crippen LogP contribution in [0, 0.1) is 5.41 Å². The van der Waals surface area contributed by atoms with Gasteiger partial charge in [-0.05, 0) is 6.42 Å². The monoisotopic (exact) mass is 246 g/mol. The van der Waals surface area contributed by atoms with Gasteiger partial charge in [-0.25, -0.2) is 0 Å². The molecule has 0 bridgehead atoms. The van der Waals surface area contributed by atoms with Crippen LogP contribution in [0.2, 0.25) is 0 Å². The molecule has 0 aliphatic rings. The van der Waals surface area contributed by atoms with Crippen LogP contribution < -0.4 is 0 Å². The molecule has 2 N–H and O–H groups in total. The summed E-state index contributed by atoms with van der Waals surface area (Å²) in [7, 11) is 3.18. The van der Waals surface area contributed by atoms with E-state index in [9.17, 15) is 10.2 Å². The van der Waals surface area contributed by atoms with Gasteiger partial charge in [0, 0.05) is 26.1 Å². The van der Waals surface area contributed by atoms with Gasteiger partial charge in [0.25, 0.3) is 0 Å². The second-order valence-electron chi connectivity index (χ2n) is 4.93. The molecule has 0 amide bonds. The van der Waals surface area contributed by atoms with Crippen LogP contribution in [0.3, 0.4) is 0 Å². The maximum atomic E-state index is 10.2. The lowest BCUT2D eigenvalue weighted by Gasteiger charge is -2.36. The predicted octanol–water partition coefficient (Wildman–Crippen LogP) is 1.36. The number of hydrogen-bond acceptors (Lipinski definition) is 4. The van der Waals surface area contributed by atoms with E-state index < -0.39 is 17.6 Å². The van der Waals surface area contributed by atoms with Crippen molar-refractivity contribution in [1.29, 1.82) is 0 Å². The van der Waals surface area contributed by atoms with E-state index in [1.54, 1.807) is 20.3 Å². The summed E-state index contributed by atoms with van der Waals surface area (Å²) in [6.07, 6.45) is 1.12. The van der Waals surface area contributed by atoms with Crippen LogP contribution in [0.5, 0.6) is 0 Å². The number of hydrogen-bond donors (Lipinski definition) is 2. The van der Waals surface area contributed by atoms with Crippen molar-refractivity contribution in [1.82, 2.24) is 0 Å². The highest BCUT2D eigenvalue weighted by atomic mass is 16.5. The number of methoxy groups -OCH3 is 2. The lowest BCUT2D eigenvalue weighted by molar-refractivity contribution is -0.0786. The van der Waals surface area contributed by atoms with Gasteiger partial charge in [0.2, 0.25) is 0 Å². The molecule has 0 aliphatic carbocycles. The fourth-order valence-electron chi connectivity index (χ4n) is 1.65. The van der Waals surface area contributed by atoms with Crippen LogP contribution in [0.15, 0.2) is 12.7 Å². The Hall–Kier alpha value is -0.420. The Bertz CT molecular complexity index is 215. The minimum absolute atomic E-state index is 0.162. The summed E-state index contributed by atoms with van der Waals surface area (Å²) in [6, 6.07) is 0. The molecule has 0 aromatic rings. The minimum atomic E-state index is -0.655. The molecule has 0 unspecified atom stereocenters. The molecule has 0 aliphatic heterocycles. The first-order chi connectivity index (χ1) is 7.89. The highest BCUT2D eigenvalue weighted by Gasteiger charge is 2.36. The van der Waals surface area contributed by atoms with E-state index in [2.05, 4.69) is 6.58 Å². The van der Waals surface area contributed by atoms with E-state index >= 15 is 0 Å². The Labute approximate surface area is 104 Å². The molecule has 0 aromatic heterocycles. The quantitative estimate of drug-likeness (QED) is 0.603. The smallest absolute Gasteiger partial charge is 0.0829 e. The third-order valence-corrected chi connectivity index (χ3v) is 3.28. The third kappa shape index (κ3) is 5.17. The van der Waals surface area contributed by atoms with Crippen molar-refractivity contribution in [3.63, 3.8) is 0 Å². The van der Waals surface area contributed by atoms with Gasteiger partial charge in [0.15, 0.2) is 0 Å². The Kier molecular flexibility index (Phi) is 7.63. The Morgan fingerprint density at radius 2 is 1.82 bits per heavy atom. The normalized spacial score (nSPS) is 17.5. The van der Waals surface area contributed by atoms with E-state index in [-0.39, 0.29) is 6.10 Å². The van der Waals surface area contributed by atoms with E-state index in [4.69, 9.17) is 9.47 Å². The van der Waals surface area contributed by atoms with Gasteiger partial charge in [0.1, 0.15) is 0 Å². The van der Waals surface area contributed by atoms with Crippen molar-refractivity contribution in [2.45, 2.75) is 45.0 Å². The molecule has 102 valence electrons. The molecule has 0 aromatic carbocycles. The predicted molar refractivity (Wildman–Crippen MR) is 67.9 cm³/mol. The fourth-order valence-corrected chi connectivity index (χ4v) is 1.65. The van der Waals surface area contributed by atoms with Crippen molar-refractivity contribution in [2.24, 2.45) is 5.41 Å². The lowest BCUT2D eigenvalue weighted by atomic mass is 9.77. The van der Waals surface area contributed by atoms with Gasteiger partial charge in [-0.15, -0.1) is 6.58 Å². The van der Waals surface area contributed by atoms with E-state index in [1.165, 1.54) is 0 Å². The molecule has 0 saturated carbocycles. The molecule has 3 atom stereocenters. The second-order valence-corrected chi connectivity index (χ2v) is 4.93. The van der Waals surface area contributed by atoms with Gasteiger partial charge in [-0.1, -0.05) is 19.9 Å². The van der Waals surface area contributed by atoms with Crippen LogP contribution in [0.1, 0.15) is 26.7 Å². The van der Waals surface area contributed by atoms with E-state index in [0.29, 0.717) is 19.4 Å². The van der Waals surface area contributed by atoms with Crippen LogP contribution in [-0.2, 0) is 9.47 Å². The van der Waals surface area contributed by atoms with Crippen molar-refractivity contribution in [2.75, 3.05) is 20.8 Å². The second kappa shape index (κ2) is 7.82. The summed E-state index contributed by atoms with van der Waals surface area (Å²) in [5.41, 5.74) is -0.599. The zero-order chi connectivity index (χ0) is 13.5. The Morgan fingerprint density at radius 1 is 1.24 bits per heavy atom. The van der Waals surface area contributed by atoms with Crippen molar-refractivity contribution >= 4 is 0 Å². The molecule has 0 spiro atoms. The van der Waals surface area contributed by atoms with Crippen LogP contribution >= 0.6 is 0 Å². The average Bonchev–Trinajstić information content (AvgIpc) is 2.28. The summed E-state index contributed by atoms with van der Waals surface area (Å²) in [6.45, 7) is 7.70. The van der Waals surface area contributed by atoms with Gasteiger partial charge in [-0.3, -0.25) is 0 Å². The first-order valence-corrected chi connectivity index (χ1v) is 5.88. The molecule has 4 heteroatoms. The zero-order valence-electron chi connectivity index (χ0n) is 11.3. The maximum absolute atomic E-state index is 10.2. The topological polar surface area (TPSA) is 58.9 Å².